The van der Waals surface area contributed by atoms with Crippen molar-refractivity contribution in [1.82, 2.24) is 0 Å². The number of rotatable bonds is 8. The summed E-state index contributed by atoms with van der Waals surface area (Å²) in [6.45, 7) is -0.579. The van der Waals surface area contributed by atoms with Crippen molar-refractivity contribution in [2.24, 2.45) is 0 Å². The summed E-state index contributed by atoms with van der Waals surface area (Å²) < 4.78 is 32.4. The lowest BCUT2D eigenvalue weighted by Gasteiger charge is -2.24. The molecule has 0 aromatic heterocycles. The maximum atomic E-state index is 13.2. The second-order valence-electron chi connectivity index (χ2n) is 6.38. The average molecular weight is 441 g/mol. The van der Waals surface area contributed by atoms with Gasteiger partial charge in [0.05, 0.1) is 22.6 Å². The lowest BCUT2D eigenvalue weighted by molar-refractivity contribution is -0.384. The van der Waals surface area contributed by atoms with Crippen LogP contribution in [0.3, 0.4) is 0 Å². The van der Waals surface area contributed by atoms with E-state index in [1.807, 2.05) is 0 Å². The van der Waals surface area contributed by atoms with Gasteiger partial charge < -0.3 is 10.1 Å². The van der Waals surface area contributed by atoms with Crippen LogP contribution in [-0.4, -0.2) is 32.9 Å². The largest absolute Gasteiger partial charge is 0.497 e. The number of methoxy groups -OCH3 is 1. The number of benzene rings is 3. The Balaban J connectivity index is 1.94. The maximum absolute atomic E-state index is 13.2. The van der Waals surface area contributed by atoms with Crippen molar-refractivity contribution in [3.63, 3.8) is 0 Å². The van der Waals surface area contributed by atoms with Crippen molar-refractivity contribution < 1.29 is 22.9 Å². The normalized spacial score (nSPS) is 10.9. The number of nitro groups is 1. The molecule has 3 rings (SSSR count). The Hall–Kier alpha value is -3.92. The van der Waals surface area contributed by atoms with Crippen LogP contribution in [0.5, 0.6) is 5.75 Å². The number of nitrogens with one attached hydrogen (secondary N) is 1. The highest BCUT2D eigenvalue weighted by Crippen LogP contribution is 2.27. The van der Waals surface area contributed by atoms with Crippen LogP contribution in [0.15, 0.2) is 83.8 Å². The van der Waals surface area contributed by atoms with Gasteiger partial charge in [0.25, 0.3) is 15.7 Å². The number of nitro benzene ring substituents is 1. The van der Waals surface area contributed by atoms with Gasteiger partial charge in [-0.1, -0.05) is 24.3 Å². The van der Waals surface area contributed by atoms with E-state index in [4.69, 9.17) is 4.74 Å². The van der Waals surface area contributed by atoms with Crippen molar-refractivity contribution in [2.75, 3.05) is 23.3 Å². The molecule has 0 unspecified atom stereocenters. The quantitative estimate of drug-likeness (QED) is 0.422. The highest BCUT2D eigenvalue weighted by atomic mass is 32.2. The van der Waals surface area contributed by atoms with Gasteiger partial charge in [0.2, 0.25) is 5.91 Å². The van der Waals surface area contributed by atoms with Gasteiger partial charge in [0, 0.05) is 17.8 Å². The van der Waals surface area contributed by atoms with Crippen molar-refractivity contribution in [3.05, 3.63) is 89.0 Å². The second-order valence-corrected chi connectivity index (χ2v) is 8.24. The molecular formula is C21H19N3O6S. The molecule has 160 valence electrons. The summed E-state index contributed by atoms with van der Waals surface area (Å²) in [6.07, 6.45) is 0. The van der Waals surface area contributed by atoms with E-state index >= 15 is 0 Å². The zero-order valence-corrected chi connectivity index (χ0v) is 17.3. The lowest BCUT2D eigenvalue weighted by Crippen LogP contribution is -2.38. The summed E-state index contributed by atoms with van der Waals surface area (Å²) in [7, 11) is -2.65. The van der Waals surface area contributed by atoms with Gasteiger partial charge in [-0.3, -0.25) is 19.2 Å². The molecule has 0 fully saturated rings. The molecule has 0 bridgehead atoms. The van der Waals surface area contributed by atoms with Crippen LogP contribution >= 0.6 is 0 Å². The minimum absolute atomic E-state index is 0.00272. The zero-order chi connectivity index (χ0) is 22.4. The number of hydrogen-bond acceptors (Lipinski definition) is 6. The molecule has 3 aromatic rings. The second kappa shape index (κ2) is 9.26. The highest BCUT2D eigenvalue weighted by molar-refractivity contribution is 7.92. The summed E-state index contributed by atoms with van der Waals surface area (Å²) in [4.78, 5) is 23.2. The first-order valence-corrected chi connectivity index (χ1v) is 10.5. The Labute approximate surface area is 179 Å². The number of carbonyl (C=O) groups excluding carboxylic acids is 1. The molecule has 1 amide bonds. The smallest absolute Gasteiger partial charge is 0.271 e. The summed E-state index contributed by atoms with van der Waals surface area (Å²) in [6, 6.07) is 19.2. The van der Waals surface area contributed by atoms with Crippen LogP contribution in [0.2, 0.25) is 0 Å². The van der Waals surface area contributed by atoms with E-state index in [9.17, 15) is 23.3 Å². The molecule has 0 spiro atoms. The first-order valence-electron chi connectivity index (χ1n) is 9.07. The Morgan fingerprint density at radius 3 is 2.32 bits per heavy atom. The summed E-state index contributed by atoms with van der Waals surface area (Å²) in [5.74, 6) is -0.0148. The van der Waals surface area contributed by atoms with Crippen LogP contribution < -0.4 is 14.4 Å². The Kier molecular flexibility index (Phi) is 6.51. The first kappa shape index (κ1) is 21.8. The van der Waals surface area contributed by atoms with Crippen LogP contribution in [0.4, 0.5) is 17.1 Å². The van der Waals surface area contributed by atoms with E-state index in [-0.39, 0.29) is 16.3 Å². The van der Waals surface area contributed by atoms with Gasteiger partial charge in [-0.2, -0.15) is 0 Å². The minimum atomic E-state index is -4.16. The molecule has 0 aliphatic heterocycles. The van der Waals surface area contributed by atoms with Gasteiger partial charge in [0.1, 0.15) is 12.3 Å². The molecule has 3 aromatic carbocycles. The van der Waals surface area contributed by atoms with E-state index in [1.165, 1.54) is 37.4 Å². The summed E-state index contributed by atoms with van der Waals surface area (Å²) in [5.41, 5.74) is 0.158. The molecule has 0 aliphatic rings. The van der Waals surface area contributed by atoms with Crippen molar-refractivity contribution in [2.45, 2.75) is 4.90 Å². The SMILES string of the molecule is COc1ccc(NC(=O)CN(c2cccc([N+](=O)[O-])c2)S(=O)(=O)c2ccccc2)cc1. The molecule has 10 heteroatoms. The number of amides is 1. The fourth-order valence-electron chi connectivity index (χ4n) is 2.80. The number of sulfonamides is 1. The van der Waals surface area contributed by atoms with Gasteiger partial charge in [-0.05, 0) is 42.5 Å². The van der Waals surface area contributed by atoms with E-state index in [0.717, 1.165) is 10.4 Å². The molecule has 31 heavy (non-hydrogen) atoms. The first-order chi connectivity index (χ1) is 14.8. The molecule has 9 nitrogen and oxygen atoms in total. The highest BCUT2D eigenvalue weighted by Gasteiger charge is 2.28. The Morgan fingerprint density at radius 2 is 1.71 bits per heavy atom. The predicted molar refractivity (Wildman–Crippen MR) is 116 cm³/mol. The monoisotopic (exact) mass is 441 g/mol. The third-order valence-corrected chi connectivity index (χ3v) is 6.11. The number of anilines is 2. The van der Waals surface area contributed by atoms with Crippen molar-refractivity contribution in [3.8, 4) is 5.75 Å². The third-order valence-electron chi connectivity index (χ3n) is 4.32. The summed E-state index contributed by atoms with van der Waals surface area (Å²) in [5, 5.41) is 13.8. The Bertz CT molecular complexity index is 1180. The van der Waals surface area contributed by atoms with E-state index in [2.05, 4.69) is 5.32 Å². The molecule has 0 radical (unpaired) electrons. The van der Waals surface area contributed by atoms with Crippen LogP contribution in [0, 0.1) is 10.1 Å². The van der Waals surface area contributed by atoms with Crippen LogP contribution in [-0.2, 0) is 14.8 Å². The fourth-order valence-corrected chi connectivity index (χ4v) is 4.24. The molecular weight excluding hydrogens is 422 g/mol. The molecule has 0 saturated heterocycles. The minimum Gasteiger partial charge on any atom is -0.497 e. The molecule has 0 saturated carbocycles. The van der Waals surface area contributed by atoms with Crippen molar-refractivity contribution in [1.29, 1.82) is 0 Å². The lowest BCUT2D eigenvalue weighted by atomic mass is 10.2. The predicted octanol–water partition coefficient (Wildman–Crippen LogP) is 3.44. The van der Waals surface area contributed by atoms with Gasteiger partial charge in [0.15, 0.2) is 0 Å². The fraction of sp³-hybridized carbons (Fsp3) is 0.0952. The standard InChI is InChI=1S/C21H19N3O6S/c1-30-19-12-10-16(11-13-19)22-21(25)15-23(17-6-5-7-18(14-17)24(26)27)31(28,29)20-8-3-2-4-9-20/h2-14H,15H2,1H3,(H,22,25). The maximum Gasteiger partial charge on any atom is 0.271 e. The molecule has 0 atom stereocenters. The van der Waals surface area contributed by atoms with Gasteiger partial charge in [-0.15, -0.1) is 0 Å². The van der Waals surface area contributed by atoms with E-state index in [1.54, 1.807) is 42.5 Å². The number of non-ortho nitro benzene ring substituents is 1. The number of ether oxygens (including phenoxy) is 1. The van der Waals surface area contributed by atoms with Crippen molar-refractivity contribution >= 4 is 33.0 Å². The topological polar surface area (TPSA) is 119 Å². The van der Waals surface area contributed by atoms with E-state index in [0.29, 0.717) is 11.4 Å². The number of nitrogens with zero attached hydrogens (tertiary/aromatic N) is 2. The number of carbonyl (C=O) groups is 1. The summed E-state index contributed by atoms with van der Waals surface area (Å²) >= 11 is 0. The zero-order valence-electron chi connectivity index (χ0n) is 16.5. The molecule has 0 aliphatic carbocycles. The molecule has 1 N–H and O–H groups in total. The van der Waals surface area contributed by atoms with Gasteiger partial charge in [-0.25, -0.2) is 8.42 Å². The average Bonchev–Trinajstić information content (AvgIpc) is 2.78. The van der Waals surface area contributed by atoms with Crippen LogP contribution in [0.1, 0.15) is 0 Å². The Morgan fingerprint density at radius 1 is 1.03 bits per heavy atom. The number of hydrogen-bond donors (Lipinski definition) is 1. The van der Waals surface area contributed by atoms with Crippen LogP contribution in [0.25, 0.3) is 0 Å². The van der Waals surface area contributed by atoms with E-state index < -0.39 is 27.4 Å². The molecule has 0 heterocycles. The van der Waals surface area contributed by atoms with Gasteiger partial charge >= 0.3 is 0 Å². The third kappa shape index (κ3) is 5.17.